The van der Waals surface area contributed by atoms with Gasteiger partial charge in [0.05, 0.1) is 0 Å². The van der Waals surface area contributed by atoms with E-state index in [9.17, 15) is 0 Å². The number of nitrogens with zero attached hydrogens (tertiary/aromatic N) is 1. The summed E-state index contributed by atoms with van der Waals surface area (Å²) in [6.45, 7) is 0. The van der Waals surface area contributed by atoms with Crippen molar-refractivity contribution in [3.63, 3.8) is 0 Å². The summed E-state index contributed by atoms with van der Waals surface area (Å²) >= 11 is 0. The number of anilines is 3. The molecule has 3 atom stereocenters. The molecule has 0 fully saturated rings. The van der Waals surface area contributed by atoms with Gasteiger partial charge in [-0.05, 0) is 122 Å². The van der Waals surface area contributed by atoms with Crippen molar-refractivity contribution >= 4 is 28.2 Å². The van der Waals surface area contributed by atoms with Crippen molar-refractivity contribution in [2.24, 2.45) is 0 Å². The minimum Gasteiger partial charge on any atom is -0.485 e. The Morgan fingerprint density at radius 1 is 0.413 bits per heavy atom. The lowest BCUT2D eigenvalue weighted by Crippen LogP contribution is -2.15. The molecule has 8 aromatic rings. The first-order valence-corrected chi connectivity index (χ1v) is 21.9. The van der Waals surface area contributed by atoms with Crippen LogP contribution < -0.4 is 14.4 Å². The summed E-state index contributed by atoms with van der Waals surface area (Å²) in [5.74, 6) is 2.21. The van der Waals surface area contributed by atoms with Gasteiger partial charge in [-0.15, -0.1) is 0 Å². The van der Waals surface area contributed by atoms with Crippen LogP contribution in [0.5, 0.6) is 11.5 Å². The first kappa shape index (κ1) is 36.9. The lowest BCUT2D eigenvalue weighted by Gasteiger charge is -2.26. The molecule has 0 saturated carbocycles. The molecule has 12 rings (SSSR count). The maximum atomic E-state index is 6.27. The van der Waals surface area contributed by atoms with E-state index in [4.69, 9.17) is 9.47 Å². The molecular formula is C60H43NO2. The van der Waals surface area contributed by atoms with E-state index < -0.39 is 0 Å². The predicted molar refractivity (Wildman–Crippen MR) is 260 cm³/mol. The Morgan fingerprint density at radius 3 is 1.52 bits per heavy atom. The second-order valence-corrected chi connectivity index (χ2v) is 16.7. The van der Waals surface area contributed by atoms with Gasteiger partial charge in [0.1, 0.15) is 23.7 Å². The van der Waals surface area contributed by atoms with Crippen LogP contribution >= 0.6 is 0 Å². The first-order chi connectivity index (χ1) is 31.2. The Hall–Kier alpha value is -7.88. The number of allylic oxidation sites excluding steroid dienone is 4. The first-order valence-electron chi connectivity index (χ1n) is 21.9. The van der Waals surface area contributed by atoms with Crippen molar-refractivity contribution < 1.29 is 9.47 Å². The second kappa shape index (κ2) is 15.5. The van der Waals surface area contributed by atoms with Crippen molar-refractivity contribution in [2.75, 3.05) is 4.90 Å². The third kappa shape index (κ3) is 6.89. The largest absolute Gasteiger partial charge is 0.485 e. The number of hydrogen-bond acceptors (Lipinski definition) is 3. The summed E-state index contributed by atoms with van der Waals surface area (Å²) in [6, 6.07) is 70.2. The summed E-state index contributed by atoms with van der Waals surface area (Å²) in [6.07, 6.45) is 14.2. The fourth-order valence-electron chi connectivity index (χ4n) is 9.62. The van der Waals surface area contributed by atoms with Crippen LogP contribution in [0, 0.1) is 0 Å². The van der Waals surface area contributed by atoms with E-state index >= 15 is 0 Å². The van der Waals surface area contributed by atoms with Crippen LogP contribution in [0.25, 0.3) is 55.7 Å². The van der Waals surface area contributed by atoms with E-state index in [1.165, 1.54) is 72.3 Å². The van der Waals surface area contributed by atoms with Gasteiger partial charge in [-0.2, -0.15) is 0 Å². The number of rotatable bonds is 8. The van der Waals surface area contributed by atoms with E-state index in [2.05, 4.69) is 229 Å². The molecule has 3 heteroatoms. The molecule has 4 aliphatic rings. The van der Waals surface area contributed by atoms with E-state index in [0.717, 1.165) is 35.0 Å². The molecule has 0 bridgehead atoms. The number of benzene rings is 8. The van der Waals surface area contributed by atoms with Crippen LogP contribution in [-0.2, 0) is 0 Å². The Labute approximate surface area is 368 Å². The van der Waals surface area contributed by atoms with Gasteiger partial charge in [-0.3, -0.25) is 0 Å². The summed E-state index contributed by atoms with van der Waals surface area (Å²) in [4.78, 5) is 2.35. The van der Waals surface area contributed by atoms with Gasteiger partial charge < -0.3 is 14.4 Å². The normalized spacial score (nSPS) is 17.6. The fraction of sp³-hybridized carbons (Fsp3) is 0.0667. The van der Waals surface area contributed by atoms with Crippen molar-refractivity contribution in [2.45, 2.75) is 24.5 Å². The van der Waals surface area contributed by atoms with Gasteiger partial charge >= 0.3 is 0 Å². The van der Waals surface area contributed by atoms with Crippen LogP contribution in [0.4, 0.5) is 17.1 Å². The Balaban J connectivity index is 0.841. The van der Waals surface area contributed by atoms with Crippen molar-refractivity contribution in [1.82, 2.24) is 0 Å². The zero-order valence-electron chi connectivity index (χ0n) is 34.6. The molecule has 2 heterocycles. The maximum Gasteiger partial charge on any atom is 0.128 e. The number of fused-ring (bicyclic) bond motifs is 6. The quantitative estimate of drug-likeness (QED) is 0.153. The number of hydrogen-bond donors (Lipinski definition) is 0. The molecule has 3 unspecified atom stereocenters. The van der Waals surface area contributed by atoms with Crippen molar-refractivity contribution in [1.29, 1.82) is 0 Å². The third-order valence-corrected chi connectivity index (χ3v) is 13.0. The van der Waals surface area contributed by atoms with E-state index in [1.807, 2.05) is 6.07 Å². The third-order valence-electron chi connectivity index (χ3n) is 13.0. The fourth-order valence-corrected chi connectivity index (χ4v) is 9.62. The molecule has 0 spiro atoms. The predicted octanol–water partition coefficient (Wildman–Crippen LogP) is 15.4. The minimum atomic E-state index is 0.0771. The Kier molecular flexibility index (Phi) is 9.11. The second-order valence-electron chi connectivity index (χ2n) is 16.7. The average molecular weight is 810 g/mol. The highest BCUT2D eigenvalue weighted by atomic mass is 16.5. The zero-order valence-corrected chi connectivity index (χ0v) is 34.6. The summed E-state index contributed by atoms with van der Waals surface area (Å²) in [7, 11) is 0. The molecule has 0 N–H and O–H groups in total. The maximum absolute atomic E-state index is 6.27. The lowest BCUT2D eigenvalue weighted by atomic mass is 9.90. The van der Waals surface area contributed by atoms with Gasteiger partial charge in [-0.25, -0.2) is 0 Å². The van der Waals surface area contributed by atoms with Gasteiger partial charge in [0.25, 0.3) is 0 Å². The molecule has 63 heavy (non-hydrogen) atoms. The summed E-state index contributed by atoms with van der Waals surface area (Å²) < 4.78 is 12.5. The SMILES string of the molecule is C1=CC2Oc3ccc(-c4ccc(N(c5ccc(C6=CCC7Oc8ccccc8C7=C6)cc5)c5ccc(-c6ccc(-c7ccc(-c8ccccc8)cc7)cc6)cc5)cc4)cc3C2C=C1. The van der Waals surface area contributed by atoms with E-state index in [1.54, 1.807) is 0 Å². The minimum absolute atomic E-state index is 0.0771. The molecule has 2 aliphatic carbocycles. The standard InChI is InChI=1S/C60H43NO2/c1-2-8-40(9-3-1)41-14-16-42(17-15-41)43-18-20-44(21-19-43)45-22-30-50(31-23-45)61(51-32-24-46(25-33-51)48-28-36-59-55(38-48)53-10-4-6-12-57(53)62-59)52-34-26-47(27-35-52)49-29-37-60-56(39-49)54-11-5-7-13-58(54)63-60/h1-36,38-39,53,57,60H,37H2. The van der Waals surface area contributed by atoms with Crippen molar-refractivity contribution in [3.8, 4) is 56.0 Å². The molecular weight excluding hydrogens is 767 g/mol. The zero-order chi connectivity index (χ0) is 41.7. The van der Waals surface area contributed by atoms with Crippen LogP contribution in [-0.4, -0.2) is 12.2 Å². The Morgan fingerprint density at radius 2 is 0.905 bits per heavy atom. The molecule has 0 amide bonds. The summed E-state index contributed by atoms with van der Waals surface area (Å²) in [5, 5.41) is 0. The Bertz CT molecular complexity index is 3100. The van der Waals surface area contributed by atoms with Crippen LogP contribution in [0.3, 0.4) is 0 Å². The van der Waals surface area contributed by atoms with Crippen molar-refractivity contribution in [3.05, 3.63) is 247 Å². The topological polar surface area (TPSA) is 21.7 Å². The molecule has 3 nitrogen and oxygen atoms in total. The highest BCUT2D eigenvalue weighted by Crippen LogP contribution is 2.45. The monoisotopic (exact) mass is 809 g/mol. The van der Waals surface area contributed by atoms with Gasteiger partial charge in [0.15, 0.2) is 0 Å². The van der Waals surface area contributed by atoms with Gasteiger partial charge in [0.2, 0.25) is 0 Å². The van der Waals surface area contributed by atoms with Crippen LogP contribution in [0.15, 0.2) is 231 Å². The molecule has 8 aromatic carbocycles. The average Bonchev–Trinajstić information content (AvgIpc) is 3.93. The molecule has 0 radical (unpaired) electrons. The number of para-hydroxylation sites is 1. The molecule has 300 valence electrons. The highest BCUT2D eigenvalue weighted by molar-refractivity contribution is 5.91. The number of ether oxygens (including phenoxy) is 2. The molecule has 0 saturated heterocycles. The molecule has 2 aliphatic heterocycles. The lowest BCUT2D eigenvalue weighted by molar-refractivity contribution is 0.269. The molecule has 0 aromatic heterocycles. The van der Waals surface area contributed by atoms with E-state index in [-0.39, 0.29) is 18.1 Å². The van der Waals surface area contributed by atoms with Gasteiger partial charge in [-0.1, -0.05) is 164 Å². The highest BCUT2D eigenvalue weighted by Gasteiger charge is 2.32. The summed E-state index contributed by atoms with van der Waals surface area (Å²) in [5.41, 5.74) is 19.0. The van der Waals surface area contributed by atoms with E-state index in [0.29, 0.717) is 0 Å². The smallest absolute Gasteiger partial charge is 0.128 e. The van der Waals surface area contributed by atoms with Gasteiger partial charge in [0, 0.05) is 46.1 Å². The van der Waals surface area contributed by atoms with Crippen LogP contribution in [0.1, 0.15) is 29.0 Å². The van der Waals surface area contributed by atoms with Crippen LogP contribution in [0.2, 0.25) is 0 Å².